The number of carbonyl (C=O) groups excluding carboxylic acids is 1. The lowest BCUT2D eigenvalue weighted by Gasteiger charge is -2.26. The van der Waals surface area contributed by atoms with Crippen LogP contribution < -0.4 is 4.90 Å². The first-order valence-corrected chi connectivity index (χ1v) is 9.93. The van der Waals surface area contributed by atoms with E-state index in [-0.39, 0.29) is 18.1 Å². The summed E-state index contributed by atoms with van der Waals surface area (Å²) in [5, 5.41) is 8.12. The van der Waals surface area contributed by atoms with Crippen LogP contribution in [0, 0.1) is 0 Å². The Bertz CT molecular complexity index is 837. The Labute approximate surface area is 164 Å². The van der Waals surface area contributed by atoms with Crippen molar-refractivity contribution in [3.05, 3.63) is 46.2 Å². The number of amides is 1. The summed E-state index contributed by atoms with van der Waals surface area (Å²) in [5.74, 6) is 0.00908. The second-order valence-electron chi connectivity index (χ2n) is 7.34. The molecular weight excluding hydrogens is 364 g/mol. The van der Waals surface area contributed by atoms with Gasteiger partial charge in [-0.2, -0.15) is 5.10 Å². The molecule has 1 aromatic carbocycles. The monoisotopic (exact) mass is 388 g/mol. The molecule has 1 amide bonds. The maximum absolute atomic E-state index is 13.2. The van der Waals surface area contributed by atoms with E-state index in [4.69, 9.17) is 16.3 Å². The molecule has 3 heterocycles. The molecule has 6 nitrogen and oxygen atoms in total. The van der Waals surface area contributed by atoms with Crippen LogP contribution in [0.25, 0.3) is 0 Å². The predicted octanol–water partition coefficient (Wildman–Crippen LogP) is 3.44. The molecular formula is C20H25ClN4O2. The SMILES string of the molecule is C[C@@H]1Cc2c(C(=O)N3CCCN(c4ccccc4Cl)CC3)n[nH]c2[C@H](C)O1. The molecule has 2 aliphatic rings. The number of fused-ring (bicyclic) bond motifs is 1. The van der Waals surface area contributed by atoms with E-state index in [1.165, 1.54) is 0 Å². The van der Waals surface area contributed by atoms with Crippen molar-refractivity contribution in [2.45, 2.75) is 38.9 Å². The van der Waals surface area contributed by atoms with E-state index >= 15 is 0 Å². The number of carbonyl (C=O) groups is 1. The second kappa shape index (κ2) is 7.52. The first kappa shape index (κ1) is 18.3. The summed E-state index contributed by atoms with van der Waals surface area (Å²) in [7, 11) is 0. The summed E-state index contributed by atoms with van der Waals surface area (Å²) in [6, 6.07) is 7.87. The van der Waals surface area contributed by atoms with E-state index in [0.29, 0.717) is 12.2 Å². The molecule has 2 atom stereocenters. The lowest BCUT2D eigenvalue weighted by atomic mass is 9.99. The third-order valence-electron chi connectivity index (χ3n) is 5.41. The molecule has 2 aliphatic heterocycles. The highest BCUT2D eigenvalue weighted by Gasteiger charge is 2.32. The highest BCUT2D eigenvalue weighted by atomic mass is 35.5. The zero-order valence-corrected chi connectivity index (χ0v) is 16.5. The molecule has 0 spiro atoms. The van der Waals surface area contributed by atoms with Gasteiger partial charge in [0.05, 0.1) is 28.6 Å². The number of hydrogen-bond acceptors (Lipinski definition) is 4. The number of nitrogens with zero attached hydrogens (tertiary/aromatic N) is 3. The van der Waals surface area contributed by atoms with Crippen molar-refractivity contribution in [3.63, 3.8) is 0 Å². The molecule has 7 heteroatoms. The predicted molar refractivity (Wildman–Crippen MR) is 105 cm³/mol. The third-order valence-corrected chi connectivity index (χ3v) is 5.73. The van der Waals surface area contributed by atoms with Crippen molar-refractivity contribution >= 4 is 23.2 Å². The number of nitrogens with one attached hydrogen (secondary N) is 1. The number of H-pyrrole nitrogens is 1. The lowest BCUT2D eigenvalue weighted by molar-refractivity contribution is -0.00701. The highest BCUT2D eigenvalue weighted by molar-refractivity contribution is 6.33. The van der Waals surface area contributed by atoms with Gasteiger partial charge in [-0.1, -0.05) is 23.7 Å². The van der Waals surface area contributed by atoms with Gasteiger partial charge in [-0.15, -0.1) is 0 Å². The number of anilines is 1. The molecule has 0 saturated carbocycles. The Balaban J connectivity index is 1.50. The van der Waals surface area contributed by atoms with Gasteiger partial charge in [-0.05, 0) is 32.4 Å². The molecule has 1 fully saturated rings. The summed E-state index contributed by atoms with van der Waals surface area (Å²) in [4.78, 5) is 17.3. The number of rotatable bonds is 2. The van der Waals surface area contributed by atoms with Gasteiger partial charge in [0.1, 0.15) is 0 Å². The maximum atomic E-state index is 13.2. The minimum Gasteiger partial charge on any atom is -0.369 e. The molecule has 2 aromatic rings. The van der Waals surface area contributed by atoms with Crippen LogP contribution in [0.1, 0.15) is 48.1 Å². The summed E-state index contributed by atoms with van der Waals surface area (Å²) in [6.45, 7) is 7.06. The molecule has 27 heavy (non-hydrogen) atoms. The molecule has 0 aliphatic carbocycles. The normalized spacial score (nSPS) is 23.1. The smallest absolute Gasteiger partial charge is 0.274 e. The number of aromatic nitrogens is 2. The minimum absolute atomic E-state index is 0.00908. The van der Waals surface area contributed by atoms with Gasteiger partial charge in [0.2, 0.25) is 0 Å². The highest BCUT2D eigenvalue weighted by Crippen LogP contribution is 2.31. The van der Waals surface area contributed by atoms with Gasteiger partial charge < -0.3 is 14.5 Å². The van der Waals surface area contributed by atoms with Gasteiger partial charge in [0.25, 0.3) is 5.91 Å². The minimum atomic E-state index is -0.0577. The number of para-hydroxylation sites is 1. The molecule has 144 valence electrons. The van der Waals surface area contributed by atoms with E-state index < -0.39 is 0 Å². The second-order valence-corrected chi connectivity index (χ2v) is 7.75. The van der Waals surface area contributed by atoms with Crippen LogP contribution in [0.4, 0.5) is 5.69 Å². The Kier molecular flexibility index (Phi) is 5.10. The standard InChI is InChI=1S/C20H25ClN4O2/c1-13-12-15-18(14(2)27-13)22-23-19(15)20(26)25-9-5-8-24(10-11-25)17-7-4-3-6-16(17)21/h3-4,6-7,13-14H,5,8-12H2,1-2H3,(H,22,23)/t13-,14+/m1/s1. The van der Waals surface area contributed by atoms with Gasteiger partial charge >= 0.3 is 0 Å². The average Bonchev–Trinajstić information content (AvgIpc) is 2.91. The Hall–Kier alpha value is -2.05. The first-order valence-electron chi connectivity index (χ1n) is 9.56. The quantitative estimate of drug-likeness (QED) is 0.856. The molecule has 0 unspecified atom stereocenters. The fourth-order valence-electron chi connectivity index (χ4n) is 4.07. The average molecular weight is 389 g/mol. The zero-order chi connectivity index (χ0) is 19.0. The number of hydrogen-bond donors (Lipinski definition) is 1. The fraction of sp³-hybridized carbons (Fsp3) is 0.500. The van der Waals surface area contributed by atoms with Crippen molar-refractivity contribution in [2.24, 2.45) is 0 Å². The molecule has 4 rings (SSSR count). The van der Waals surface area contributed by atoms with Crippen LogP contribution in [-0.2, 0) is 11.2 Å². The van der Waals surface area contributed by atoms with E-state index in [1.54, 1.807) is 0 Å². The van der Waals surface area contributed by atoms with Crippen molar-refractivity contribution in [1.82, 2.24) is 15.1 Å². The fourth-order valence-corrected chi connectivity index (χ4v) is 4.33. The zero-order valence-electron chi connectivity index (χ0n) is 15.7. The number of benzene rings is 1. The largest absolute Gasteiger partial charge is 0.369 e. The van der Waals surface area contributed by atoms with Crippen LogP contribution in [0.15, 0.2) is 24.3 Å². The molecule has 1 aromatic heterocycles. The van der Waals surface area contributed by atoms with Gasteiger partial charge in [0.15, 0.2) is 5.69 Å². The van der Waals surface area contributed by atoms with Crippen molar-refractivity contribution in [3.8, 4) is 0 Å². The van der Waals surface area contributed by atoms with E-state index in [2.05, 4.69) is 15.1 Å². The van der Waals surface area contributed by atoms with Crippen LogP contribution in [0.3, 0.4) is 0 Å². The van der Waals surface area contributed by atoms with Gasteiger partial charge in [0, 0.05) is 38.2 Å². The Morgan fingerprint density at radius 2 is 2.04 bits per heavy atom. The summed E-state index contributed by atoms with van der Waals surface area (Å²) in [5.41, 5.74) is 3.53. The molecule has 1 N–H and O–H groups in total. The van der Waals surface area contributed by atoms with Gasteiger partial charge in [-0.3, -0.25) is 9.89 Å². The van der Waals surface area contributed by atoms with Crippen LogP contribution in [0.5, 0.6) is 0 Å². The third kappa shape index (κ3) is 3.56. The van der Waals surface area contributed by atoms with Crippen LogP contribution in [0.2, 0.25) is 5.02 Å². The van der Waals surface area contributed by atoms with Crippen LogP contribution >= 0.6 is 11.6 Å². The summed E-state index contributed by atoms with van der Waals surface area (Å²) in [6.07, 6.45) is 1.66. The molecule has 1 saturated heterocycles. The Morgan fingerprint density at radius 3 is 2.85 bits per heavy atom. The maximum Gasteiger partial charge on any atom is 0.274 e. The van der Waals surface area contributed by atoms with Crippen molar-refractivity contribution in [1.29, 1.82) is 0 Å². The molecule has 0 radical (unpaired) electrons. The molecule has 0 bridgehead atoms. The summed E-state index contributed by atoms with van der Waals surface area (Å²) < 4.78 is 5.83. The Morgan fingerprint density at radius 1 is 1.22 bits per heavy atom. The lowest BCUT2D eigenvalue weighted by Crippen LogP contribution is -2.36. The number of ether oxygens (including phenoxy) is 1. The van der Waals surface area contributed by atoms with Crippen LogP contribution in [-0.4, -0.2) is 53.3 Å². The summed E-state index contributed by atoms with van der Waals surface area (Å²) >= 11 is 6.35. The van der Waals surface area contributed by atoms with E-state index in [0.717, 1.165) is 54.4 Å². The van der Waals surface area contributed by atoms with Gasteiger partial charge in [-0.25, -0.2) is 0 Å². The first-order chi connectivity index (χ1) is 13.0. The van der Waals surface area contributed by atoms with Crippen molar-refractivity contribution < 1.29 is 9.53 Å². The van der Waals surface area contributed by atoms with E-state index in [1.807, 2.05) is 43.0 Å². The number of halogens is 1. The van der Waals surface area contributed by atoms with E-state index in [9.17, 15) is 4.79 Å². The van der Waals surface area contributed by atoms with Crippen molar-refractivity contribution in [2.75, 3.05) is 31.1 Å². The topological polar surface area (TPSA) is 61.5 Å². The number of aromatic amines is 1.